The van der Waals surface area contributed by atoms with E-state index in [-0.39, 0.29) is 40.9 Å². The summed E-state index contributed by atoms with van der Waals surface area (Å²) in [5, 5.41) is 7.34. The molecule has 11 heteroatoms. The molecule has 2 aromatic heterocycles. The van der Waals surface area contributed by atoms with Crippen LogP contribution in [0.15, 0.2) is 6.07 Å². The Labute approximate surface area is 173 Å². The number of aromatic nitrogens is 3. The van der Waals surface area contributed by atoms with Gasteiger partial charge >= 0.3 is 5.97 Å². The second kappa shape index (κ2) is 8.23. The molecule has 9 nitrogen and oxygen atoms in total. The number of anilines is 1. The van der Waals surface area contributed by atoms with Gasteiger partial charge in [-0.15, -0.1) is 0 Å². The highest BCUT2D eigenvalue weighted by molar-refractivity contribution is 7.91. The molecule has 1 fully saturated rings. The lowest BCUT2D eigenvalue weighted by Gasteiger charge is -2.15. The van der Waals surface area contributed by atoms with Gasteiger partial charge in [-0.2, -0.15) is 5.10 Å². The second-order valence-corrected chi connectivity index (χ2v) is 10.4. The summed E-state index contributed by atoms with van der Waals surface area (Å²) in [6.07, 6.45) is 0.485. The standard InChI is InChI=1S/C18H24N4O5S2/c1-5-27-17(24)15-11(4)19-18(28-15)20-16(23)13-8-14(10(2)3)22(21-13)12-6-7-29(25,26)9-12/h8,10,12H,5-7,9H2,1-4H3,(H,19,20,23). The molecule has 0 aliphatic carbocycles. The zero-order valence-corrected chi connectivity index (χ0v) is 18.4. The van der Waals surface area contributed by atoms with Gasteiger partial charge in [0.25, 0.3) is 5.91 Å². The molecule has 29 heavy (non-hydrogen) atoms. The maximum atomic E-state index is 12.7. The van der Waals surface area contributed by atoms with Crippen LogP contribution in [0.3, 0.4) is 0 Å². The van der Waals surface area contributed by atoms with Gasteiger partial charge in [-0.1, -0.05) is 25.2 Å². The minimum Gasteiger partial charge on any atom is -0.462 e. The molecule has 1 amide bonds. The van der Waals surface area contributed by atoms with Crippen molar-refractivity contribution in [2.45, 2.75) is 46.1 Å². The molecule has 0 bridgehead atoms. The average molecular weight is 441 g/mol. The van der Waals surface area contributed by atoms with Gasteiger partial charge in [-0.25, -0.2) is 18.2 Å². The van der Waals surface area contributed by atoms with Gasteiger partial charge in [-0.05, 0) is 32.3 Å². The lowest BCUT2D eigenvalue weighted by Crippen LogP contribution is -2.17. The number of rotatable bonds is 6. The average Bonchev–Trinajstić information content (AvgIpc) is 3.31. The van der Waals surface area contributed by atoms with E-state index >= 15 is 0 Å². The number of amides is 1. The van der Waals surface area contributed by atoms with Crippen LogP contribution in [0, 0.1) is 6.92 Å². The van der Waals surface area contributed by atoms with Gasteiger partial charge in [-0.3, -0.25) is 14.8 Å². The fraction of sp³-hybridized carbons (Fsp3) is 0.556. The second-order valence-electron chi connectivity index (χ2n) is 7.22. The first-order valence-corrected chi connectivity index (χ1v) is 12.0. The monoisotopic (exact) mass is 440 g/mol. The maximum absolute atomic E-state index is 12.7. The third kappa shape index (κ3) is 4.67. The van der Waals surface area contributed by atoms with Gasteiger partial charge in [0.05, 0.1) is 29.8 Å². The molecule has 0 radical (unpaired) electrons. The Bertz CT molecular complexity index is 1040. The number of ether oxygens (including phenoxy) is 1. The van der Waals surface area contributed by atoms with Gasteiger partial charge in [0.15, 0.2) is 20.7 Å². The topological polar surface area (TPSA) is 120 Å². The highest BCUT2D eigenvalue weighted by Gasteiger charge is 2.32. The molecule has 1 N–H and O–H groups in total. The zero-order chi connectivity index (χ0) is 21.3. The number of hydrogen-bond acceptors (Lipinski definition) is 8. The van der Waals surface area contributed by atoms with Gasteiger partial charge in [0.1, 0.15) is 4.88 Å². The van der Waals surface area contributed by atoms with Crippen LogP contribution in [0.2, 0.25) is 0 Å². The van der Waals surface area contributed by atoms with E-state index in [1.54, 1.807) is 24.6 Å². The van der Waals surface area contributed by atoms with Crippen LogP contribution in [0.5, 0.6) is 0 Å². The van der Waals surface area contributed by atoms with Crippen LogP contribution in [0.25, 0.3) is 0 Å². The predicted octanol–water partition coefficient (Wildman–Crippen LogP) is 2.56. The van der Waals surface area contributed by atoms with Gasteiger partial charge in [0.2, 0.25) is 0 Å². The number of hydrogen-bond donors (Lipinski definition) is 1. The number of thiazole rings is 1. The Hall–Kier alpha value is -2.27. The lowest BCUT2D eigenvalue weighted by molar-refractivity contribution is 0.0531. The van der Waals surface area contributed by atoms with Crippen molar-refractivity contribution in [2.75, 3.05) is 23.4 Å². The molecule has 3 heterocycles. The number of carbonyl (C=O) groups excluding carboxylic acids is 2. The van der Waals surface area contributed by atoms with E-state index in [1.165, 1.54) is 0 Å². The van der Waals surface area contributed by atoms with Crippen LogP contribution in [-0.2, 0) is 14.6 Å². The van der Waals surface area contributed by atoms with Crippen molar-refractivity contribution < 1.29 is 22.7 Å². The predicted molar refractivity (Wildman–Crippen MR) is 109 cm³/mol. The zero-order valence-electron chi connectivity index (χ0n) is 16.8. The third-order valence-corrected chi connectivity index (χ3v) is 7.42. The molecular weight excluding hydrogens is 416 g/mol. The van der Waals surface area contributed by atoms with Crippen molar-refractivity contribution in [1.29, 1.82) is 0 Å². The normalized spacial score (nSPS) is 18.2. The molecule has 1 unspecified atom stereocenters. The summed E-state index contributed by atoms with van der Waals surface area (Å²) in [6, 6.07) is 1.41. The van der Waals surface area contributed by atoms with Crippen LogP contribution < -0.4 is 5.32 Å². The fourth-order valence-electron chi connectivity index (χ4n) is 3.21. The van der Waals surface area contributed by atoms with Crippen molar-refractivity contribution in [2.24, 2.45) is 0 Å². The number of nitrogens with zero attached hydrogens (tertiary/aromatic N) is 3. The molecule has 0 aromatic carbocycles. The number of sulfone groups is 1. The largest absolute Gasteiger partial charge is 0.462 e. The van der Waals surface area contributed by atoms with E-state index in [2.05, 4.69) is 15.4 Å². The van der Waals surface area contributed by atoms with E-state index in [0.717, 1.165) is 17.0 Å². The van der Waals surface area contributed by atoms with Crippen LogP contribution in [0.4, 0.5) is 5.13 Å². The summed E-state index contributed by atoms with van der Waals surface area (Å²) < 4.78 is 30.3. The molecule has 1 atom stereocenters. The molecule has 3 rings (SSSR count). The molecular formula is C18H24N4O5S2. The molecule has 1 aliphatic rings. The van der Waals surface area contributed by atoms with Gasteiger partial charge < -0.3 is 4.74 Å². The first-order chi connectivity index (χ1) is 13.6. The van der Waals surface area contributed by atoms with Crippen LogP contribution >= 0.6 is 11.3 Å². The van der Waals surface area contributed by atoms with Crippen molar-refractivity contribution in [3.63, 3.8) is 0 Å². The Balaban J connectivity index is 1.82. The summed E-state index contributed by atoms with van der Waals surface area (Å²) in [4.78, 5) is 29.2. The minimum absolute atomic E-state index is 0.0318. The van der Waals surface area contributed by atoms with Crippen molar-refractivity contribution >= 4 is 38.2 Å². The lowest BCUT2D eigenvalue weighted by atomic mass is 10.1. The maximum Gasteiger partial charge on any atom is 0.350 e. The first-order valence-electron chi connectivity index (χ1n) is 9.37. The van der Waals surface area contributed by atoms with E-state index in [9.17, 15) is 18.0 Å². The molecule has 2 aromatic rings. The Morgan fingerprint density at radius 1 is 1.41 bits per heavy atom. The van der Waals surface area contributed by atoms with Crippen LogP contribution in [0.1, 0.15) is 70.7 Å². The molecule has 0 saturated carbocycles. The van der Waals surface area contributed by atoms with Gasteiger partial charge in [0, 0.05) is 5.69 Å². The number of aryl methyl sites for hydroxylation is 1. The van der Waals surface area contributed by atoms with E-state index < -0.39 is 21.7 Å². The quantitative estimate of drug-likeness (QED) is 0.685. The van der Waals surface area contributed by atoms with Crippen LogP contribution in [-0.4, -0.2) is 53.2 Å². The summed E-state index contributed by atoms with van der Waals surface area (Å²) in [6.45, 7) is 7.58. The summed E-state index contributed by atoms with van der Waals surface area (Å²) >= 11 is 1.04. The number of nitrogens with one attached hydrogen (secondary N) is 1. The third-order valence-electron chi connectivity index (χ3n) is 4.62. The molecule has 0 spiro atoms. The van der Waals surface area contributed by atoms with Crippen molar-refractivity contribution in [3.05, 3.63) is 28.0 Å². The number of carbonyl (C=O) groups is 2. The summed E-state index contributed by atoms with van der Waals surface area (Å²) in [7, 11) is -3.07. The van der Waals surface area contributed by atoms with E-state index in [0.29, 0.717) is 17.0 Å². The van der Waals surface area contributed by atoms with Crippen molar-refractivity contribution in [1.82, 2.24) is 14.8 Å². The molecule has 1 saturated heterocycles. The fourth-order valence-corrected chi connectivity index (χ4v) is 5.76. The summed E-state index contributed by atoms with van der Waals surface area (Å²) in [5.41, 5.74) is 1.47. The SMILES string of the molecule is CCOC(=O)c1sc(NC(=O)c2cc(C(C)C)n(C3CCS(=O)(=O)C3)n2)nc1C. The number of esters is 1. The first kappa shape index (κ1) is 21.4. The van der Waals surface area contributed by atoms with E-state index in [1.807, 2.05) is 13.8 Å². The highest BCUT2D eigenvalue weighted by atomic mass is 32.2. The Kier molecular flexibility index (Phi) is 6.08. The Morgan fingerprint density at radius 3 is 2.72 bits per heavy atom. The smallest absolute Gasteiger partial charge is 0.350 e. The summed E-state index contributed by atoms with van der Waals surface area (Å²) in [5.74, 6) is -0.701. The highest BCUT2D eigenvalue weighted by Crippen LogP contribution is 2.29. The van der Waals surface area contributed by atoms with E-state index in [4.69, 9.17) is 4.74 Å². The van der Waals surface area contributed by atoms with Crippen molar-refractivity contribution in [3.8, 4) is 0 Å². The Morgan fingerprint density at radius 2 is 2.14 bits per heavy atom. The minimum atomic E-state index is -3.07. The molecule has 158 valence electrons. The molecule has 1 aliphatic heterocycles.